The molecule has 3 N–H and O–H groups in total. The van der Waals surface area contributed by atoms with Crippen LogP contribution in [0.4, 0.5) is 5.95 Å². The van der Waals surface area contributed by atoms with E-state index in [-0.39, 0.29) is 11.2 Å². The number of benzene rings is 1. The average Bonchev–Trinajstić information content (AvgIpc) is 3.23. The fourth-order valence-corrected chi connectivity index (χ4v) is 4.61. The predicted molar refractivity (Wildman–Crippen MR) is 115 cm³/mol. The summed E-state index contributed by atoms with van der Waals surface area (Å²) < 4.78 is 6.26. The first-order valence-corrected chi connectivity index (χ1v) is 10.6. The molecule has 0 radical (unpaired) electrons. The molecule has 162 valence electrons. The van der Waals surface area contributed by atoms with Gasteiger partial charge in [-0.25, -0.2) is 15.4 Å². The van der Waals surface area contributed by atoms with Crippen molar-refractivity contribution in [1.82, 2.24) is 25.3 Å². The first-order valence-electron chi connectivity index (χ1n) is 10.6. The molecule has 0 saturated carbocycles. The highest BCUT2D eigenvalue weighted by atomic mass is 16.5. The molecule has 2 saturated heterocycles. The number of morpholine rings is 1. The summed E-state index contributed by atoms with van der Waals surface area (Å²) in [7, 11) is 0. The number of ether oxygens (including phenoxy) is 1. The molecule has 0 bridgehead atoms. The van der Waals surface area contributed by atoms with E-state index in [9.17, 15) is 4.79 Å². The minimum Gasteiger partial charge on any atom is -0.371 e. The molecule has 2 aromatic heterocycles. The number of para-hydroxylation sites is 1. The van der Waals surface area contributed by atoms with E-state index in [4.69, 9.17) is 9.94 Å². The third-order valence-corrected chi connectivity index (χ3v) is 6.37. The molecule has 9 heteroatoms. The smallest absolute Gasteiger partial charge is 0.277 e. The van der Waals surface area contributed by atoms with Crippen LogP contribution < -0.4 is 10.4 Å². The average molecular weight is 422 g/mol. The highest BCUT2D eigenvalue weighted by Gasteiger charge is 2.40. The van der Waals surface area contributed by atoms with E-state index in [1.807, 2.05) is 0 Å². The number of piperidine rings is 1. The van der Waals surface area contributed by atoms with Gasteiger partial charge in [-0.3, -0.25) is 14.9 Å². The summed E-state index contributed by atoms with van der Waals surface area (Å²) in [5.74, 6) is -0.0362. The summed E-state index contributed by atoms with van der Waals surface area (Å²) in [5, 5.41) is 10.0. The van der Waals surface area contributed by atoms with Crippen LogP contribution in [0.1, 0.15) is 28.8 Å². The Morgan fingerprint density at radius 2 is 1.97 bits per heavy atom. The molecule has 4 heterocycles. The van der Waals surface area contributed by atoms with Gasteiger partial charge in [0.2, 0.25) is 5.95 Å². The molecule has 5 rings (SSSR count). The van der Waals surface area contributed by atoms with Crippen LogP contribution in [-0.2, 0) is 11.3 Å². The number of aromatic amines is 1. The van der Waals surface area contributed by atoms with Crippen LogP contribution in [0.15, 0.2) is 42.9 Å². The molecule has 0 atom stereocenters. The van der Waals surface area contributed by atoms with Crippen molar-refractivity contribution in [2.45, 2.75) is 25.0 Å². The van der Waals surface area contributed by atoms with Gasteiger partial charge in [0.1, 0.15) is 0 Å². The fourth-order valence-electron chi connectivity index (χ4n) is 4.61. The van der Waals surface area contributed by atoms with E-state index in [2.05, 4.69) is 55.2 Å². The Morgan fingerprint density at radius 1 is 1.19 bits per heavy atom. The zero-order chi connectivity index (χ0) is 21.3. The zero-order valence-electron chi connectivity index (χ0n) is 17.3. The lowest BCUT2D eigenvalue weighted by Gasteiger charge is -2.47. The van der Waals surface area contributed by atoms with Crippen LogP contribution in [-0.4, -0.2) is 69.4 Å². The Morgan fingerprint density at radius 3 is 2.74 bits per heavy atom. The maximum Gasteiger partial charge on any atom is 0.277 e. The number of hydroxylamine groups is 1. The Hall–Kier alpha value is -3.01. The normalized spacial score (nSPS) is 19.1. The molecule has 1 aromatic carbocycles. The number of rotatable bonds is 4. The quantitative estimate of drug-likeness (QED) is 0.436. The maximum atomic E-state index is 11.5. The van der Waals surface area contributed by atoms with Gasteiger partial charge in [-0.2, -0.15) is 0 Å². The summed E-state index contributed by atoms with van der Waals surface area (Å²) >= 11 is 0. The minimum absolute atomic E-state index is 0.195. The molecule has 0 aliphatic carbocycles. The molecule has 2 fully saturated rings. The number of anilines is 1. The van der Waals surface area contributed by atoms with Gasteiger partial charge in [-0.15, -0.1) is 0 Å². The van der Waals surface area contributed by atoms with Gasteiger partial charge in [0.05, 0.1) is 24.3 Å². The number of hydrogen-bond acceptors (Lipinski definition) is 7. The largest absolute Gasteiger partial charge is 0.371 e. The van der Waals surface area contributed by atoms with E-state index in [1.165, 1.54) is 28.9 Å². The first kappa shape index (κ1) is 19.9. The van der Waals surface area contributed by atoms with E-state index < -0.39 is 5.91 Å². The molecular weight excluding hydrogens is 396 g/mol. The van der Waals surface area contributed by atoms with Gasteiger partial charge in [0.15, 0.2) is 0 Å². The van der Waals surface area contributed by atoms with Gasteiger partial charge in [-0.1, -0.05) is 18.2 Å². The van der Waals surface area contributed by atoms with Crippen LogP contribution in [0.2, 0.25) is 0 Å². The van der Waals surface area contributed by atoms with Crippen LogP contribution in [0.5, 0.6) is 0 Å². The van der Waals surface area contributed by atoms with Crippen LogP contribution in [0.3, 0.4) is 0 Å². The number of nitrogens with one attached hydrogen (secondary N) is 2. The molecule has 1 spiro atoms. The summed E-state index contributed by atoms with van der Waals surface area (Å²) in [6, 6.07) is 8.42. The summed E-state index contributed by atoms with van der Waals surface area (Å²) in [5.41, 5.74) is 4.14. The second kappa shape index (κ2) is 8.26. The number of carbonyl (C=O) groups is 1. The van der Waals surface area contributed by atoms with Gasteiger partial charge < -0.3 is 14.6 Å². The third-order valence-electron chi connectivity index (χ3n) is 6.37. The van der Waals surface area contributed by atoms with Gasteiger partial charge in [0.25, 0.3) is 5.91 Å². The standard InChI is InChI=1S/C22H26N6O3/c29-20(26-30)16-11-24-21(25-12-16)28-9-10-31-22(15-28)5-7-27(8-6-22)14-17-13-23-19-4-2-1-3-18(17)19/h1-4,11-13,23,30H,5-10,14-15H2,(H,26,29). The van der Waals surface area contributed by atoms with Gasteiger partial charge in [0, 0.05) is 55.7 Å². The van der Waals surface area contributed by atoms with E-state index in [0.29, 0.717) is 19.1 Å². The van der Waals surface area contributed by atoms with E-state index in [1.54, 1.807) is 5.48 Å². The molecule has 1 amide bonds. The van der Waals surface area contributed by atoms with E-state index in [0.717, 1.165) is 39.0 Å². The third kappa shape index (κ3) is 3.99. The van der Waals surface area contributed by atoms with Crippen LogP contribution in [0, 0.1) is 0 Å². The zero-order valence-corrected chi connectivity index (χ0v) is 17.3. The van der Waals surface area contributed by atoms with Crippen molar-refractivity contribution in [3.05, 3.63) is 54.0 Å². The summed E-state index contributed by atoms with van der Waals surface area (Å²) in [4.78, 5) is 28.1. The minimum atomic E-state index is -0.618. The lowest BCUT2D eigenvalue weighted by atomic mass is 9.89. The summed E-state index contributed by atoms with van der Waals surface area (Å²) in [6.45, 7) is 4.96. The number of amides is 1. The monoisotopic (exact) mass is 422 g/mol. The number of nitrogens with zero attached hydrogens (tertiary/aromatic N) is 4. The highest BCUT2D eigenvalue weighted by Crippen LogP contribution is 2.32. The Bertz CT molecular complexity index is 1060. The Kier molecular flexibility index (Phi) is 5.31. The molecule has 2 aliphatic heterocycles. The SMILES string of the molecule is O=C(NO)c1cnc(N2CCOC3(CCN(Cc4c[nH]c5ccccc45)CC3)C2)nc1. The molecule has 3 aromatic rings. The lowest BCUT2D eigenvalue weighted by molar-refractivity contribution is -0.0923. The Labute approximate surface area is 180 Å². The predicted octanol–water partition coefficient (Wildman–Crippen LogP) is 1.95. The fraction of sp³-hybridized carbons (Fsp3) is 0.409. The van der Waals surface area contributed by atoms with Crippen molar-refractivity contribution in [2.75, 3.05) is 37.7 Å². The topological polar surface area (TPSA) is 107 Å². The van der Waals surface area contributed by atoms with Gasteiger partial charge in [-0.05, 0) is 24.5 Å². The molecule has 0 unspecified atom stereocenters. The van der Waals surface area contributed by atoms with Crippen molar-refractivity contribution in [3.63, 3.8) is 0 Å². The number of likely N-dealkylation sites (tertiary alicyclic amines) is 1. The molecular formula is C22H26N6O3. The summed E-state index contributed by atoms with van der Waals surface area (Å²) in [6.07, 6.45) is 6.89. The van der Waals surface area contributed by atoms with Crippen molar-refractivity contribution >= 4 is 22.8 Å². The van der Waals surface area contributed by atoms with E-state index >= 15 is 0 Å². The highest BCUT2D eigenvalue weighted by molar-refractivity contribution is 5.92. The molecule has 31 heavy (non-hydrogen) atoms. The number of H-pyrrole nitrogens is 1. The number of fused-ring (bicyclic) bond motifs is 1. The second-order valence-corrected chi connectivity index (χ2v) is 8.30. The first-order chi connectivity index (χ1) is 15.2. The number of aromatic nitrogens is 3. The van der Waals surface area contributed by atoms with Crippen LogP contribution in [0.25, 0.3) is 10.9 Å². The molecule has 9 nitrogen and oxygen atoms in total. The van der Waals surface area contributed by atoms with Crippen molar-refractivity contribution in [1.29, 1.82) is 0 Å². The van der Waals surface area contributed by atoms with Crippen LogP contribution >= 0.6 is 0 Å². The second-order valence-electron chi connectivity index (χ2n) is 8.30. The number of hydrogen-bond donors (Lipinski definition) is 3. The van der Waals surface area contributed by atoms with Crippen molar-refractivity contribution in [2.24, 2.45) is 0 Å². The van der Waals surface area contributed by atoms with Crippen molar-refractivity contribution < 1.29 is 14.7 Å². The molecule has 2 aliphatic rings. The Balaban J connectivity index is 1.22. The maximum absolute atomic E-state index is 11.5. The lowest BCUT2D eigenvalue weighted by Crippen LogP contribution is -2.57. The van der Waals surface area contributed by atoms with Gasteiger partial charge >= 0.3 is 0 Å². The number of carbonyl (C=O) groups excluding carboxylic acids is 1. The van der Waals surface area contributed by atoms with Crippen molar-refractivity contribution in [3.8, 4) is 0 Å².